The number of aryl methyl sites for hydroxylation is 1. The van der Waals surface area contributed by atoms with Gasteiger partial charge >= 0.3 is 0 Å². The number of rotatable bonds is 7. The number of nitrogens with one attached hydrogen (secondary N) is 1. The molecule has 0 fully saturated rings. The van der Waals surface area contributed by atoms with Crippen LogP contribution >= 0.6 is 34.8 Å². The highest BCUT2D eigenvalue weighted by Gasteiger charge is 2.11. The van der Waals surface area contributed by atoms with E-state index in [0.717, 1.165) is 28.8 Å². The number of hydrogen-bond donors (Lipinski definition) is 3. The Balaban J connectivity index is 0.000000233. The summed E-state index contributed by atoms with van der Waals surface area (Å²) >= 11 is 17.7. The number of sulfone groups is 1. The first kappa shape index (κ1) is 32.9. The highest BCUT2D eigenvalue weighted by atomic mass is 35.5. The quantitative estimate of drug-likeness (QED) is 0.154. The second-order valence-corrected chi connectivity index (χ2v) is 13.1. The van der Waals surface area contributed by atoms with Crippen LogP contribution in [0.25, 0.3) is 22.5 Å². The average Bonchev–Trinajstić information content (AvgIpc) is 2.95. The lowest BCUT2D eigenvalue weighted by molar-refractivity contribution is 0.602. The largest absolute Gasteiger partial charge is 0.370 e. The van der Waals surface area contributed by atoms with Gasteiger partial charge in [-0.25, -0.2) is 23.4 Å². The van der Waals surface area contributed by atoms with E-state index in [2.05, 4.69) is 45.2 Å². The summed E-state index contributed by atoms with van der Waals surface area (Å²) in [6.45, 7) is 4.77. The van der Waals surface area contributed by atoms with Gasteiger partial charge in [-0.1, -0.05) is 77.3 Å². The van der Waals surface area contributed by atoms with Crippen molar-refractivity contribution in [1.29, 1.82) is 0 Å². The van der Waals surface area contributed by atoms with E-state index >= 15 is 0 Å². The number of hydrogen-bond acceptors (Lipinski definition) is 9. The highest BCUT2D eigenvalue weighted by Crippen LogP contribution is 2.33. The second kappa shape index (κ2) is 14.2. The monoisotopic (exact) mass is 669 g/mol. The van der Waals surface area contributed by atoms with Crippen molar-refractivity contribution in [3.63, 3.8) is 0 Å². The number of aromatic nitrogens is 4. The van der Waals surface area contributed by atoms with Crippen LogP contribution in [0.1, 0.15) is 16.7 Å². The minimum Gasteiger partial charge on any atom is -0.370 e. The predicted molar refractivity (Wildman–Crippen MR) is 180 cm³/mol. The topological polar surface area (TPSA) is 150 Å². The van der Waals surface area contributed by atoms with Gasteiger partial charge in [0.05, 0.1) is 26.3 Å². The molecule has 0 radical (unpaired) electrons. The van der Waals surface area contributed by atoms with Gasteiger partial charge in [0, 0.05) is 36.1 Å². The number of nitrogen functional groups attached to an aromatic ring is 2. The van der Waals surface area contributed by atoms with E-state index in [1.165, 1.54) is 11.8 Å². The number of benzene rings is 3. The van der Waals surface area contributed by atoms with Crippen LogP contribution in [0.2, 0.25) is 15.2 Å². The maximum absolute atomic E-state index is 11.5. The Bertz CT molecular complexity index is 1880. The third kappa shape index (κ3) is 8.57. The van der Waals surface area contributed by atoms with Crippen molar-refractivity contribution >= 4 is 62.4 Å². The van der Waals surface area contributed by atoms with Gasteiger partial charge < -0.3 is 16.8 Å². The molecule has 0 spiro atoms. The second-order valence-electron chi connectivity index (χ2n) is 9.87. The molecule has 44 heavy (non-hydrogen) atoms. The lowest BCUT2D eigenvalue weighted by Gasteiger charge is -2.11. The highest BCUT2D eigenvalue weighted by molar-refractivity contribution is 7.90. The molecule has 0 saturated carbocycles. The van der Waals surface area contributed by atoms with E-state index in [9.17, 15) is 8.42 Å². The standard InChI is InChI=1S/C21H24N4O2S.C10H6Cl3N3/c1-14-5-4-6-18(15(14)2)19-13-20(25-21(22)24-19)23-12-11-16-7-9-17(10-8-16)28(3,26)27;11-6-3-1-2-5(9(6)13)7-4-8(12)16-10(14)15-7/h4-10,13H,11-12H2,1-3H3,(H3,22,23,24,25);1-4H,(H2,14,15,16). The van der Waals surface area contributed by atoms with Gasteiger partial charge in [-0.2, -0.15) is 4.98 Å². The Morgan fingerprint density at radius 1 is 0.773 bits per heavy atom. The van der Waals surface area contributed by atoms with Crippen molar-refractivity contribution in [2.24, 2.45) is 0 Å². The molecule has 13 heteroatoms. The van der Waals surface area contributed by atoms with Crippen molar-refractivity contribution in [3.8, 4) is 22.5 Å². The molecule has 5 N–H and O–H groups in total. The van der Waals surface area contributed by atoms with Gasteiger partial charge in [0.15, 0.2) is 9.84 Å². The minimum absolute atomic E-state index is 0.0959. The molecule has 5 rings (SSSR count). The van der Waals surface area contributed by atoms with Crippen molar-refractivity contribution in [3.05, 3.63) is 105 Å². The number of anilines is 3. The molecule has 5 aromatic rings. The Labute approximate surface area is 271 Å². The molecular weight excluding hydrogens is 641 g/mol. The molecule has 228 valence electrons. The van der Waals surface area contributed by atoms with E-state index in [4.69, 9.17) is 46.3 Å². The zero-order chi connectivity index (χ0) is 32.0. The van der Waals surface area contributed by atoms with Crippen molar-refractivity contribution in [2.75, 3.05) is 29.6 Å². The fraction of sp³-hybridized carbons (Fsp3) is 0.161. The smallest absolute Gasteiger partial charge is 0.222 e. The normalized spacial score (nSPS) is 11.0. The number of nitrogens with two attached hydrogens (primary N) is 2. The van der Waals surface area contributed by atoms with Crippen molar-refractivity contribution in [2.45, 2.75) is 25.2 Å². The summed E-state index contributed by atoms with van der Waals surface area (Å²) in [7, 11) is -3.17. The molecule has 0 saturated heterocycles. The molecule has 0 bridgehead atoms. The average molecular weight is 671 g/mol. The zero-order valence-corrected chi connectivity index (χ0v) is 27.2. The van der Waals surface area contributed by atoms with Crippen LogP contribution in [-0.4, -0.2) is 41.2 Å². The van der Waals surface area contributed by atoms with Gasteiger partial charge in [0.25, 0.3) is 0 Å². The maximum atomic E-state index is 11.5. The van der Waals surface area contributed by atoms with Gasteiger partial charge in [0.1, 0.15) is 11.0 Å². The van der Waals surface area contributed by atoms with Crippen LogP contribution in [0.4, 0.5) is 17.7 Å². The molecule has 2 heterocycles. The van der Waals surface area contributed by atoms with E-state index in [1.54, 1.807) is 36.4 Å². The molecule has 0 unspecified atom stereocenters. The van der Waals surface area contributed by atoms with Gasteiger partial charge in [-0.3, -0.25) is 0 Å². The summed E-state index contributed by atoms with van der Waals surface area (Å²) in [5.41, 5.74) is 17.8. The lowest BCUT2D eigenvalue weighted by Crippen LogP contribution is -2.09. The number of halogens is 3. The Hall–Kier alpha value is -3.96. The molecule has 0 amide bonds. The van der Waals surface area contributed by atoms with Gasteiger partial charge in [-0.15, -0.1) is 0 Å². The zero-order valence-electron chi connectivity index (χ0n) is 24.1. The molecule has 2 aromatic heterocycles. The molecule has 0 aliphatic rings. The van der Waals surface area contributed by atoms with Crippen LogP contribution in [0.3, 0.4) is 0 Å². The first-order chi connectivity index (χ1) is 20.8. The van der Waals surface area contributed by atoms with E-state index < -0.39 is 9.84 Å². The Morgan fingerprint density at radius 3 is 2.05 bits per heavy atom. The van der Waals surface area contributed by atoms with E-state index in [1.807, 2.05) is 30.3 Å². The summed E-state index contributed by atoms with van der Waals surface area (Å²) < 4.78 is 23.1. The number of nitrogens with zero attached hydrogens (tertiary/aromatic N) is 4. The molecule has 0 aliphatic heterocycles. The summed E-state index contributed by atoms with van der Waals surface area (Å²) in [5.74, 6) is 0.980. The molecule has 0 atom stereocenters. The first-order valence-electron chi connectivity index (χ1n) is 13.3. The fourth-order valence-corrected chi connectivity index (χ4v) is 5.45. The van der Waals surface area contributed by atoms with Crippen LogP contribution in [0.15, 0.2) is 77.7 Å². The van der Waals surface area contributed by atoms with Gasteiger partial charge in [0.2, 0.25) is 11.9 Å². The fourth-order valence-electron chi connectivity index (χ4n) is 4.24. The van der Waals surface area contributed by atoms with Crippen LogP contribution in [0, 0.1) is 13.8 Å². The lowest BCUT2D eigenvalue weighted by atomic mass is 10.0. The molecule has 9 nitrogen and oxygen atoms in total. The molecule has 3 aromatic carbocycles. The summed E-state index contributed by atoms with van der Waals surface area (Å²) in [5, 5.41) is 4.40. The Kier molecular flexibility index (Phi) is 10.6. The van der Waals surface area contributed by atoms with Crippen LogP contribution in [-0.2, 0) is 16.3 Å². The third-order valence-electron chi connectivity index (χ3n) is 6.64. The van der Waals surface area contributed by atoms with E-state index in [0.29, 0.717) is 38.6 Å². The minimum atomic E-state index is -3.17. The van der Waals surface area contributed by atoms with Crippen LogP contribution in [0.5, 0.6) is 0 Å². The summed E-state index contributed by atoms with van der Waals surface area (Å²) in [4.78, 5) is 16.8. The van der Waals surface area contributed by atoms with Crippen molar-refractivity contribution < 1.29 is 8.42 Å². The molecule has 0 aliphatic carbocycles. The van der Waals surface area contributed by atoms with Crippen LogP contribution < -0.4 is 16.8 Å². The predicted octanol–water partition coefficient (Wildman–Crippen LogP) is 7.09. The van der Waals surface area contributed by atoms with E-state index in [-0.39, 0.29) is 17.0 Å². The summed E-state index contributed by atoms with van der Waals surface area (Å²) in [6, 6.07) is 21.7. The summed E-state index contributed by atoms with van der Waals surface area (Å²) in [6.07, 6.45) is 1.93. The Morgan fingerprint density at radius 2 is 1.39 bits per heavy atom. The van der Waals surface area contributed by atoms with Gasteiger partial charge in [-0.05, 0) is 55.2 Å². The third-order valence-corrected chi connectivity index (χ3v) is 8.78. The SMILES string of the molecule is Cc1cccc(-c2cc(NCCc3ccc(S(C)(=O)=O)cc3)nc(N)n2)c1C.Nc1nc(Cl)cc(-c2cccc(Cl)c2Cl)n1. The molecular formula is C31H30Cl3N7O2S. The maximum Gasteiger partial charge on any atom is 0.222 e. The van der Waals surface area contributed by atoms with Crippen molar-refractivity contribution in [1.82, 2.24) is 19.9 Å². The first-order valence-corrected chi connectivity index (χ1v) is 16.3.